The van der Waals surface area contributed by atoms with Crippen molar-refractivity contribution >= 4 is 87.6 Å². The van der Waals surface area contributed by atoms with Gasteiger partial charge in [0.25, 0.3) is 0 Å². The second-order valence-corrected chi connectivity index (χ2v) is 22.9. The number of nitrogens with zero attached hydrogens (tertiary/aromatic N) is 2. The van der Waals surface area contributed by atoms with Crippen LogP contribution in [0.1, 0.15) is 95.5 Å². The number of benzene rings is 2. The topological polar surface area (TPSA) is 152 Å². The predicted molar refractivity (Wildman–Crippen MR) is 214 cm³/mol. The molecule has 0 radical (unpaired) electrons. The van der Waals surface area contributed by atoms with Crippen LogP contribution < -0.4 is 10.6 Å². The zero-order chi connectivity index (χ0) is 39.2. The Hall–Kier alpha value is -2.88. The molecule has 0 unspecified atom stereocenters. The van der Waals surface area contributed by atoms with E-state index in [9.17, 15) is 26.4 Å². The Bertz CT molecular complexity index is 2210. The molecule has 2 aromatic carbocycles. The largest absolute Gasteiger partial charge is 0.301 e. The molecule has 53 heavy (non-hydrogen) atoms. The number of aryl methyl sites for hydroxylation is 1. The third kappa shape index (κ3) is 8.09. The molecule has 6 rings (SSSR count). The molecule has 2 fully saturated rings. The van der Waals surface area contributed by atoms with Crippen molar-refractivity contribution in [2.75, 3.05) is 10.6 Å². The predicted octanol–water partition coefficient (Wildman–Crippen LogP) is 9.17. The average molecular weight is 840 g/mol. The number of thiazole rings is 2. The van der Waals surface area contributed by atoms with Crippen LogP contribution in [0.5, 0.6) is 0 Å². The normalized spacial score (nSPS) is 16.7. The second-order valence-electron chi connectivity index (χ2n) is 15.5. The van der Waals surface area contributed by atoms with Crippen molar-refractivity contribution in [3.8, 4) is 0 Å². The van der Waals surface area contributed by atoms with E-state index in [0.29, 0.717) is 58.8 Å². The molecule has 0 saturated heterocycles. The van der Waals surface area contributed by atoms with Gasteiger partial charge in [-0.15, -0.1) is 22.7 Å². The molecule has 2 aliphatic rings. The van der Waals surface area contributed by atoms with Crippen molar-refractivity contribution in [2.24, 2.45) is 0 Å². The number of anilines is 2. The van der Waals surface area contributed by atoms with Gasteiger partial charge in [0.2, 0.25) is 11.8 Å². The van der Waals surface area contributed by atoms with Gasteiger partial charge in [0, 0.05) is 26.0 Å². The SMILES string of the molecule is CC(C)(C)c1cnc(NC(=O)C2(S(=O)(=O)c3ccc(Cl)cc3)CCC2)s1.Cc1nc(NC(=O)C2(S(=O)(=O)c3ccc(Cl)cc3)CCC2)sc1C(C)(C)C. The Morgan fingerprint density at radius 3 is 1.42 bits per heavy atom. The van der Waals surface area contributed by atoms with Crippen LogP contribution in [0, 0.1) is 6.92 Å². The number of aromatic nitrogens is 2. The molecule has 0 atom stereocenters. The van der Waals surface area contributed by atoms with Crippen molar-refractivity contribution < 1.29 is 26.4 Å². The highest BCUT2D eigenvalue weighted by Gasteiger charge is 2.57. The number of rotatable bonds is 8. The second kappa shape index (κ2) is 15.0. The van der Waals surface area contributed by atoms with E-state index in [1.165, 1.54) is 71.2 Å². The van der Waals surface area contributed by atoms with Gasteiger partial charge >= 0.3 is 0 Å². The van der Waals surface area contributed by atoms with Crippen LogP contribution in [0.15, 0.2) is 64.5 Å². The zero-order valence-corrected chi connectivity index (χ0v) is 35.4. The Kier molecular flexibility index (Phi) is 11.7. The maximum absolute atomic E-state index is 13.2. The van der Waals surface area contributed by atoms with E-state index in [-0.39, 0.29) is 20.6 Å². The number of carbonyl (C=O) groups is 2. The Labute approximate surface area is 330 Å². The van der Waals surface area contributed by atoms with Crippen LogP contribution in [0.3, 0.4) is 0 Å². The molecular formula is C37H44Cl2N4O6S4. The van der Waals surface area contributed by atoms with E-state index in [1.807, 2.05) is 6.92 Å². The van der Waals surface area contributed by atoms with Crippen LogP contribution in [-0.2, 0) is 40.1 Å². The molecule has 4 aromatic rings. The lowest BCUT2D eigenvalue weighted by atomic mass is 9.83. The summed E-state index contributed by atoms with van der Waals surface area (Å²) in [5, 5.41) is 7.27. The van der Waals surface area contributed by atoms with Crippen LogP contribution in [0.4, 0.5) is 10.3 Å². The fourth-order valence-corrected chi connectivity index (χ4v) is 12.4. The van der Waals surface area contributed by atoms with Crippen molar-refractivity contribution in [3.63, 3.8) is 0 Å². The highest BCUT2D eigenvalue weighted by Crippen LogP contribution is 2.46. The summed E-state index contributed by atoms with van der Waals surface area (Å²) in [7, 11) is -7.64. The molecule has 2 aromatic heterocycles. The lowest BCUT2D eigenvalue weighted by Gasteiger charge is -2.38. The van der Waals surface area contributed by atoms with Crippen molar-refractivity contribution in [1.29, 1.82) is 0 Å². The van der Waals surface area contributed by atoms with Gasteiger partial charge in [0.05, 0.1) is 15.5 Å². The van der Waals surface area contributed by atoms with Crippen LogP contribution in [-0.4, -0.2) is 48.1 Å². The summed E-state index contributed by atoms with van der Waals surface area (Å²) in [6.07, 6.45) is 4.35. The van der Waals surface area contributed by atoms with E-state index in [4.69, 9.17) is 23.2 Å². The number of carbonyl (C=O) groups excluding carboxylic acids is 2. The summed E-state index contributed by atoms with van der Waals surface area (Å²) in [5.74, 6) is -1.01. The molecule has 2 amide bonds. The van der Waals surface area contributed by atoms with Gasteiger partial charge in [0.15, 0.2) is 39.4 Å². The molecule has 2 saturated carbocycles. The molecule has 2 N–H and O–H groups in total. The lowest BCUT2D eigenvalue weighted by molar-refractivity contribution is -0.121. The highest BCUT2D eigenvalue weighted by atomic mass is 35.5. The molecule has 286 valence electrons. The molecule has 2 heterocycles. The third-order valence-corrected chi connectivity index (χ3v) is 18.0. The summed E-state index contributed by atoms with van der Waals surface area (Å²) < 4.78 is 49.7. The van der Waals surface area contributed by atoms with Crippen molar-refractivity contribution in [2.45, 2.75) is 117 Å². The fraction of sp³-hybridized carbons (Fsp3) is 0.459. The minimum Gasteiger partial charge on any atom is -0.301 e. The number of nitrogens with one attached hydrogen (secondary N) is 2. The Morgan fingerprint density at radius 1 is 0.679 bits per heavy atom. The maximum Gasteiger partial charge on any atom is 0.248 e. The first-order valence-electron chi connectivity index (χ1n) is 17.1. The van der Waals surface area contributed by atoms with Gasteiger partial charge in [0.1, 0.15) is 0 Å². The molecule has 0 aliphatic heterocycles. The Balaban J connectivity index is 0.000000204. The molecule has 0 bridgehead atoms. The van der Waals surface area contributed by atoms with Gasteiger partial charge in [-0.05, 0) is 105 Å². The first-order chi connectivity index (χ1) is 24.5. The third-order valence-electron chi connectivity index (χ3n) is 9.59. The first kappa shape index (κ1) is 41.3. The first-order valence-corrected chi connectivity index (χ1v) is 22.5. The number of hydrogen-bond donors (Lipinski definition) is 2. The number of sulfone groups is 2. The van der Waals surface area contributed by atoms with Gasteiger partial charge in [-0.2, -0.15) is 0 Å². The average Bonchev–Trinajstić information content (AvgIpc) is 3.63. The quantitative estimate of drug-likeness (QED) is 0.178. The molecular weight excluding hydrogens is 796 g/mol. The molecule has 16 heteroatoms. The Morgan fingerprint density at radius 2 is 1.09 bits per heavy atom. The van der Waals surface area contributed by atoms with Gasteiger partial charge in [-0.1, -0.05) is 64.7 Å². The fourth-order valence-electron chi connectivity index (χ4n) is 6.16. The summed E-state index contributed by atoms with van der Waals surface area (Å²) in [4.78, 5) is 36.9. The van der Waals surface area contributed by atoms with Crippen LogP contribution in [0.25, 0.3) is 0 Å². The summed E-state index contributed by atoms with van der Waals surface area (Å²) in [6.45, 7) is 14.3. The van der Waals surface area contributed by atoms with Crippen molar-refractivity contribution in [1.82, 2.24) is 9.97 Å². The lowest BCUT2D eigenvalue weighted by Crippen LogP contribution is -2.54. The van der Waals surface area contributed by atoms with Gasteiger partial charge in [-0.3, -0.25) is 9.59 Å². The summed E-state index contributed by atoms with van der Waals surface area (Å²) >= 11 is 14.5. The minimum atomic E-state index is -3.83. The molecule has 2 aliphatic carbocycles. The number of amides is 2. The van der Waals surface area contributed by atoms with Crippen LogP contribution in [0.2, 0.25) is 10.0 Å². The van der Waals surface area contributed by atoms with E-state index in [2.05, 4.69) is 62.1 Å². The number of halogens is 2. The summed E-state index contributed by atoms with van der Waals surface area (Å²) in [6, 6.07) is 11.9. The molecule has 0 spiro atoms. The van der Waals surface area contributed by atoms with Crippen LogP contribution >= 0.6 is 45.9 Å². The summed E-state index contributed by atoms with van der Waals surface area (Å²) in [5.41, 5.74) is 0.685. The maximum atomic E-state index is 13.2. The van der Waals surface area contributed by atoms with E-state index in [1.54, 1.807) is 6.20 Å². The molecule has 10 nitrogen and oxygen atoms in total. The smallest absolute Gasteiger partial charge is 0.248 e. The highest BCUT2D eigenvalue weighted by molar-refractivity contribution is 7.94. The standard InChI is InChI=1S/C19H23ClN2O3S2.C18H21ClN2O3S2/c1-12-15(18(2,3)4)26-17(21-12)22-16(23)19(10-5-11-19)27(24,25)14-8-6-13(20)7-9-14;1-17(2,3)14-11-20-16(25-14)21-15(22)18(9-4-10-18)26(23,24)13-7-5-12(19)6-8-13/h6-9H,5,10-11H2,1-4H3,(H,21,22,23);5-8,11H,4,9-10H2,1-3H3,(H,20,21,22). The van der Waals surface area contributed by atoms with E-state index >= 15 is 0 Å². The monoisotopic (exact) mass is 838 g/mol. The van der Waals surface area contributed by atoms with Gasteiger partial charge < -0.3 is 10.6 Å². The van der Waals surface area contributed by atoms with E-state index in [0.717, 1.165) is 15.4 Å². The van der Waals surface area contributed by atoms with E-state index < -0.39 is 41.0 Å². The van der Waals surface area contributed by atoms with Gasteiger partial charge in [-0.25, -0.2) is 26.8 Å². The van der Waals surface area contributed by atoms with Crippen molar-refractivity contribution in [3.05, 3.63) is 80.2 Å². The zero-order valence-electron chi connectivity index (χ0n) is 30.7. The number of hydrogen-bond acceptors (Lipinski definition) is 10. The minimum absolute atomic E-state index is 0.0792.